The summed E-state index contributed by atoms with van der Waals surface area (Å²) >= 11 is 0. The summed E-state index contributed by atoms with van der Waals surface area (Å²) in [5.74, 6) is 0.831. The molecule has 0 saturated carbocycles. The Balaban J connectivity index is 1.81. The van der Waals surface area contributed by atoms with Crippen LogP contribution in [0.1, 0.15) is 6.92 Å². The Morgan fingerprint density at radius 2 is 1.90 bits per heavy atom. The molecule has 0 aliphatic carbocycles. The van der Waals surface area contributed by atoms with Crippen molar-refractivity contribution in [3.63, 3.8) is 0 Å². The molecule has 0 amide bonds. The number of nitrogens with zero attached hydrogens (tertiary/aromatic N) is 4. The second kappa shape index (κ2) is 9.78. The van der Waals surface area contributed by atoms with Gasteiger partial charge in [-0.3, -0.25) is 15.8 Å². The molecule has 0 aliphatic rings. The lowest BCUT2D eigenvalue weighted by Crippen LogP contribution is -2.21. The molecular weight excluding hydrogens is 394 g/mol. The summed E-state index contributed by atoms with van der Waals surface area (Å²) in [7, 11) is -2.24. The highest BCUT2D eigenvalue weighted by molar-refractivity contribution is 7.68. The third-order valence-electron chi connectivity index (χ3n) is 3.69. The largest absolute Gasteiger partial charge is 0.454 e. The average molecular weight is 414 g/mol. The number of aliphatic hydroxyl groups excluding tert-OH is 1. The van der Waals surface area contributed by atoms with Crippen molar-refractivity contribution in [1.82, 2.24) is 15.0 Å². The zero-order chi connectivity index (χ0) is 20.6. The Hall–Kier alpha value is -3.28. The molecule has 0 unspecified atom stereocenters. The van der Waals surface area contributed by atoms with Crippen LogP contribution in [0.3, 0.4) is 0 Å². The summed E-state index contributed by atoms with van der Waals surface area (Å²) in [5.41, 5.74) is 8.37. The van der Waals surface area contributed by atoms with Gasteiger partial charge in [0.1, 0.15) is 0 Å². The fourth-order valence-corrected chi connectivity index (χ4v) is 2.62. The molecule has 2 heterocycles. The number of hydrogen-bond donors (Lipinski definition) is 5. The van der Waals surface area contributed by atoms with Gasteiger partial charge >= 0.3 is 0 Å². The molecule has 29 heavy (non-hydrogen) atoms. The van der Waals surface area contributed by atoms with Gasteiger partial charge in [0.15, 0.2) is 5.82 Å². The second-order valence-corrected chi connectivity index (χ2v) is 6.67. The summed E-state index contributed by atoms with van der Waals surface area (Å²) in [4.78, 5) is 13.2. The maximum absolute atomic E-state index is 10.7. The van der Waals surface area contributed by atoms with Crippen molar-refractivity contribution in [2.75, 3.05) is 22.8 Å². The van der Waals surface area contributed by atoms with E-state index in [9.17, 15) is 9.32 Å². The van der Waals surface area contributed by atoms with Gasteiger partial charge in [0.2, 0.25) is 5.95 Å². The van der Waals surface area contributed by atoms with Gasteiger partial charge < -0.3 is 23.5 Å². The first-order valence-corrected chi connectivity index (χ1v) is 9.72. The summed E-state index contributed by atoms with van der Waals surface area (Å²) in [6.07, 6.45) is 1.68. The van der Waals surface area contributed by atoms with E-state index < -0.39 is 10.9 Å². The average Bonchev–Trinajstić information content (AvgIpc) is 2.73. The molecule has 0 radical (unpaired) electrons. The standard InChI is InChI=1S/C18H20N7O3S/c1-12(11-26)20-18-21-16(15-4-2-3-9-19-15)10-17(22-18)24-23-13-5-7-14(8-6-13)25-29(27)28/h2-10,12,23,26H,11H2,1H3,(H,25,27,28)(H2,20,21,22,24)/q-1/t12-/m0/s1. The molecule has 152 valence electrons. The topological polar surface area (TPSA) is 145 Å². The van der Waals surface area contributed by atoms with Crippen LogP contribution in [0.4, 0.5) is 23.1 Å². The number of hydrazine groups is 1. The Morgan fingerprint density at radius 3 is 2.55 bits per heavy atom. The van der Waals surface area contributed by atoms with Crippen LogP contribution in [-0.4, -0.2) is 37.3 Å². The van der Waals surface area contributed by atoms with Crippen LogP contribution < -0.4 is 16.2 Å². The molecule has 3 rings (SSSR count). The van der Waals surface area contributed by atoms with Gasteiger partial charge in [-0.2, -0.15) is 4.98 Å². The van der Waals surface area contributed by atoms with Crippen LogP contribution in [0.2, 0.25) is 0 Å². The lowest BCUT2D eigenvalue weighted by Gasteiger charge is -2.15. The van der Waals surface area contributed by atoms with Gasteiger partial charge in [0, 0.05) is 24.0 Å². The Kier molecular flexibility index (Phi) is 6.89. The van der Waals surface area contributed by atoms with E-state index in [-0.39, 0.29) is 12.6 Å². The zero-order valence-electron chi connectivity index (χ0n) is 15.5. The summed E-state index contributed by atoms with van der Waals surface area (Å²) in [5, 5.41) is 12.3. The second-order valence-electron chi connectivity index (χ2n) is 6.02. The van der Waals surface area contributed by atoms with Crippen LogP contribution in [0.5, 0.6) is 0 Å². The molecule has 0 bridgehead atoms. The van der Waals surface area contributed by atoms with Gasteiger partial charge in [-0.1, -0.05) is 16.9 Å². The van der Waals surface area contributed by atoms with Gasteiger partial charge in [0.05, 0.1) is 23.7 Å². The molecule has 0 spiro atoms. The molecule has 1 atom stereocenters. The highest BCUT2D eigenvalue weighted by Crippen LogP contribution is 2.21. The number of nitrogens with one attached hydrogen (secondary N) is 3. The number of pyridine rings is 1. The lowest BCUT2D eigenvalue weighted by atomic mass is 10.2. The van der Waals surface area contributed by atoms with Gasteiger partial charge in [0.25, 0.3) is 0 Å². The quantitative estimate of drug-likeness (QED) is 0.213. The number of aliphatic hydroxyl groups is 1. The van der Waals surface area contributed by atoms with Crippen LogP contribution in [0.25, 0.3) is 11.4 Å². The number of rotatable bonds is 8. The van der Waals surface area contributed by atoms with Crippen LogP contribution in [0.15, 0.2) is 59.1 Å². The van der Waals surface area contributed by atoms with Crippen molar-refractivity contribution in [1.29, 1.82) is 0 Å². The van der Waals surface area contributed by atoms with Gasteiger partial charge in [-0.25, -0.2) is 4.98 Å². The summed E-state index contributed by atoms with van der Waals surface area (Å²) < 4.78 is 23.0. The van der Waals surface area contributed by atoms with E-state index in [4.69, 9.17) is 4.55 Å². The van der Waals surface area contributed by atoms with E-state index in [2.05, 4.69) is 35.5 Å². The molecule has 5 N–H and O–H groups in total. The monoisotopic (exact) mass is 414 g/mol. The summed E-state index contributed by atoms with van der Waals surface area (Å²) in [6, 6.07) is 13.7. The third-order valence-corrected chi connectivity index (χ3v) is 4.06. The lowest BCUT2D eigenvalue weighted by molar-refractivity contribution is 0.281. The van der Waals surface area contributed by atoms with Gasteiger partial charge in [-0.05, 0) is 43.3 Å². The molecule has 0 aliphatic heterocycles. The molecule has 0 fully saturated rings. The van der Waals surface area contributed by atoms with E-state index in [1.165, 1.54) is 0 Å². The first-order valence-electron chi connectivity index (χ1n) is 8.66. The zero-order valence-corrected chi connectivity index (χ0v) is 16.3. The number of hydrogen-bond acceptors (Lipinski definition) is 10. The normalized spacial score (nSPS) is 12.9. The minimum absolute atomic E-state index is 0.0613. The van der Waals surface area contributed by atoms with Crippen molar-refractivity contribution in [3.05, 3.63) is 54.7 Å². The number of anilines is 3. The van der Waals surface area contributed by atoms with E-state index in [0.717, 1.165) is 0 Å². The maximum atomic E-state index is 10.7. The SMILES string of the molecule is C[C@@H](CO)Nc1nc(NNc2ccc(N=[S-](=O)O)cc2)cc(-c2ccccn2)n1. The predicted molar refractivity (Wildman–Crippen MR) is 112 cm³/mol. The molecule has 10 nitrogen and oxygen atoms in total. The Labute approximate surface area is 169 Å². The van der Waals surface area contributed by atoms with Crippen molar-refractivity contribution in [3.8, 4) is 11.4 Å². The van der Waals surface area contributed by atoms with E-state index in [0.29, 0.717) is 34.5 Å². The smallest absolute Gasteiger partial charge is 0.225 e. The van der Waals surface area contributed by atoms with Crippen LogP contribution in [0, 0.1) is 0 Å². The molecule has 2 aromatic heterocycles. The molecule has 3 aromatic rings. The maximum Gasteiger partial charge on any atom is 0.225 e. The van der Waals surface area contributed by atoms with Crippen molar-refractivity contribution < 1.29 is 13.9 Å². The highest BCUT2D eigenvalue weighted by Gasteiger charge is 2.09. The Bertz CT molecular complexity index is 1030. The predicted octanol–water partition coefficient (Wildman–Crippen LogP) is 3.02. The van der Waals surface area contributed by atoms with E-state index >= 15 is 0 Å². The third kappa shape index (κ3) is 6.10. The van der Waals surface area contributed by atoms with E-state index in [1.807, 2.05) is 25.1 Å². The Morgan fingerprint density at radius 1 is 1.10 bits per heavy atom. The first-order chi connectivity index (χ1) is 14.0. The van der Waals surface area contributed by atoms with Crippen molar-refractivity contribution in [2.45, 2.75) is 13.0 Å². The van der Waals surface area contributed by atoms with Crippen molar-refractivity contribution in [2.24, 2.45) is 4.36 Å². The minimum atomic E-state index is -2.24. The minimum Gasteiger partial charge on any atom is -0.454 e. The van der Waals surface area contributed by atoms with E-state index in [1.54, 1.807) is 36.5 Å². The molecule has 11 heteroatoms. The fraction of sp³-hybridized carbons (Fsp3) is 0.167. The van der Waals surface area contributed by atoms with Gasteiger partial charge in [-0.15, -0.1) is 0 Å². The van der Waals surface area contributed by atoms with Crippen molar-refractivity contribution >= 4 is 34.0 Å². The molecule has 0 saturated heterocycles. The fourth-order valence-electron chi connectivity index (χ4n) is 2.32. The highest BCUT2D eigenvalue weighted by atomic mass is 32.2. The number of aromatic nitrogens is 3. The first kappa shape index (κ1) is 20.5. The number of benzene rings is 1. The molecule has 1 aromatic carbocycles. The molecular formula is C18H20N7O3S-. The van der Waals surface area contributed by atoms with Crippen LogP contribution in [-0.2, 0) is 15.1 Å². The van der Waals surface area contributed by atoms with Crippen LogP contribution >= 0.6 is 0 Å². The summed E-state index contributed by atoms with van der Waals surface area (Å²) in [6.45, 7) is 1.75.